The molecule has 1 aliphatic rings. The van der Waals surface area contributed by atoms with E-state index in [4.69, 9.17) is 9.47 Å². The number of benzene rings is 1. The summed E-state index contributed by atoms with van der Waals surface area (Å²) < 4.78 is 39.1. The van der Waals surface area contributed by atoms with Crippen molar-refractivity contribution in [3.8, 4) is 5.75 Å². The Morgan fingerprint density at radius 1 is 1.33 bits per heavy atom. The standard InChI is InChI=1S/C17H19F2NO2S2/c1-23-17-5-3-14(24-17)10-20-6-7-21-13(9-20)11-22-16-8-12(18)2-4-15(16)19/h2-5,8,13H,6-7,9-11H2,1H3. The number of rotatable bonds is 6. The molecule has 0 N–H and O–H groups in total. The first-order valence-electron chi connectivity index (χ1n) is 7.68. The zero-order valence-electron chi connectivity index (χ0n) is 13.3. The number of hydrogen-bond acceptors (Lipinski definition) is 5. The van der Waals surface area contributed by atoms with E-state index in [1.54, 1.807) is 23.1 Å². The smallest absolute Gasteiger partial charge is 0.165 e. The fourth-order valence-electron chi connectivity index (χ4n) is 2.57. The minimum Gasteiger partial charge on any atom is -0.488 e. The number of hydrogen-bond donors (Lipinski definition) is 0. The third-order valence-corrected chi connectivity index (χ3v) is 5.91. The number of nitrogens with zero attached hydrogens (tertiary/aromatic N) is 1. The molecule has 3 rings (SSSR count). The summed E-state index contributed by atoms with van der Waals surface area (Å²) in [5, 5.41) is 0. The van der Waals surface area contributed by atoms with Crippen LogP contribution in [0.15, 0.2) is 34.5 Å². The Hall–Kier alpha value is -1.15. The van der Waals surface area contributed by atoms with E-state index in [0.717, 1.165) is 31.3 Å². The van der Waals surface area contributed by atoms with E-state index in [1.165, 1.54) is 9.09 Å². The molecule has 1 aliphatic heterocycles. The van der Waals surface area contributed by atoms with E-state index in [9.17, 15) is 8.78 Å². The zero-order chi connectivity index (χ0) is 16.9. The van der Waals surface area contributed by atoms with Gasteiger partial charge in [-0.25, -0.2) is 8.78 Å². The molecule has 1 aromatic carbocycles. The maximum atomic E-state index is 13.6. The molecule has 1 unspecified atom stereocenters. The van der Waals surface area contributed by atoms with Gasteiger partial charge in [0.15, 0.2) is 11.6 Å². The van der Waals surface area contributed by atoms with Gasteiger partial charge in [0.2, 0.25) is 0 Å². The van der Waals surface area contributed by atoms with Gasteiger partial charge in [-0.05, 0) is 30.5 Å². The average Bonchev–Trinajstić information content (AvgIpc) is 3.03. The summed E-state index contributed by atoms with van der Waals surface area (Å²) in [7, 11) is 0. The van der Waals surface area contributed by atoms with Gasteiger partial charge in [0, 0.05) is 30.6 Å². The Labute approximate surface area is 148 Å². The van der Waals surface area contributed by atoms with Crippen LogP contribution < -0.4 is 4.74 Å². The molecular formula is C17H19F2NO2S2. The number of halogens is 2. The van der Waals surface area contributed by atoms with Crippen molar-refractivity contribution in [3.63, 3.8) is 0 Å². The minimum absolute atomic E-state index is 0.0707. The largest absolute Gasteiger partial charge is 0.488 e. The van der Waals surface area contributed by atoms with Gasteiger partial charge in [-0.3, -0.25) is 4.90 Å². The molecule has 0 saturated carbocycles. The number of thioether (sulfide) groups is 1. The molecule has 24 heavy (non-hydrogen) atoms. The van der Waals surface area contributed by atoms with Gasteiger partial charge in [0.25, 0.3) is 0 Å². The Morgan fingerprint density at radius 2 is 2.21 bits per heavy atom. The highest BCUT2D eigenvalue weighted by molar-refractivity contribution is 8.00. The number of ether oxygens (including phenoxy) is 2. The molecule has 130 valence electrons. The first-order valence-corrected chi connectivity index (χ1v) is 9.72. The molecule has 1 atom stereocenters. The maximum Gasteiger partial charge on any atom is 0.165 e. The summed E-state index contributed by atoms with van der Waals surface area (Å²) in [5.41, 5.74) is 0. The van der Waals surface area contributed by atoms with Crippen LogP contribution in [0.1, 0.15) is 4.88 Å². The van der Waals surface area contributed by atoms with Crippen LogP contribution in [0.25, 0.3) is 0 Å². The second-order valence-electron chi connectivity index (χ2n) is 5.54. The molecule has 3 nitrogen and oxygen atoms in total. The Bertz CT molecular complexity index is 680. The highest BCUT2D eigenvalue weighted by atomic mass is 32.2. The highest BCUT2D eigenvalue weighted by Crippen LogP contribution is 2.26. The lowest BCUT2D eigenvalue weighted by molar-refractivity contribution is -0.0506. The van der Waals surface area contributed by atoms with E-state index in [0.29, 0.717) is 13.2 Å². The van der Waals surface area contributed by atoms with Crippen molar-refractivity contribution in [1.29, 1.82) is 0 Å². The Kier molecular flexibility index (Phi) is 6.10. The van der Waals surface area contributed by atoms with Gasteiger partial charge < -0.3 is 9.47 Å². The molecule has 7 heteroatoms. The summed E-state index contributed by atoms with van der Waals surface area (Å²) in [6, 6.07) is 7.49. The van der Waals surface area contributed by atoms with Gasteiger partial charge in [-0.15, -0.1) is 23.1 Å². The van der Waals surface area contributed by atoms with Gasteiger partial charge in [0.1, 0.15) is 18.5 Å². The van der Waals surface area contributed by atoms with Gasteiger partial charge in [-0.2, -0.15) is 0 Å². The van der Waals surface area contributed by atoms with Crippen LogP contribution in [-0.4, -0.2) is 43.6 Å². The van der Waals surface area contributed by atoms with Crippen LogP contribution in [0.5, 0.6) is 5.75 Å². The zero-order valence-corrected chi connectivity index (χ0v) is 15.0. The molecule has 0 bridgehead atoms. The van der Waals surface area contributed by atoms with Crippen LogP contribution in [-0.2, 0) is 11.3 Å². The normalized spacial score (nSPS) is 18.7. The fraction of sp³-hybridized carbons (Fsp3) is 0.412. The van der Waals surface area contributed by atoms with Crippen molar-refractivity contribution in [2.24, 2.45) is 0 Å². The molecule has 2 heterocycles. The Morgan fingerprint density at radius 3 is 3.00 bits per heavy atom. The topological polar surface area (TPSA) is 21.7 Å². The van der Waals surface area contributed by atoms with E-state index in [-0.39, 0.29) is 18.5 Å². The quantitative estimate of drug-likeness (QED) is 0.715. The summed E-state index contributed by atoms with van der Waals surface area (Å²) in [4.78, 5) is 3.62. The second kappa shape index (κ2) is 8.29. The van der Waals surface area contributed by atoms with Crippen molar-refractivity contribution >= 4 is 23.1 Å². The fourth-order valence-corrected chi connectivity index (χ4v) is 4.20. The van der Waals surface area contributed by atoms with Crippen molar-refractivity contribution < 1.29 is 18.3 Å². The van der Waals surface area contributed by atoms with Gasteiger partial charge in [-0.1, -0.05) is 0 Å². The van der Waals surface area contributed by atoms with Gasteiger partial charge >= 0.3 is 0 Å². The molecule has 0 amide bonds. The molecular weight excluding hydrogens is 352 g/mol. The van der Waals surface area contributed by atoms with Crippen LogP contribution in [0.4, 0.5) is 8.78 Å². The van der Waals surface area contributed by atoms with Crippen LogP contribution in [0.3, 0.4) is 0 Å². The highest BCUT2D eigenvalue weighted by Gasteiger charge is 2.22. The van der Waals surface area contributed by atoms with Crippen LogP contribution in [0, 0.1) is 11.6 Å². The lowest BCUT2D eigenvalue weighted by Gasteiger charge is -2.32. The van der Waals surface area contributed by atoms with E-state index in [1.807, 2.05) is 0 Å². The van der Waals surface area contributed by atoms with E-state index >= 15 is 0 Å². The number of morpholine rings is 1. The van der Waals surface area contributed by atoms with E-state index in [2.05, 4.69) is 23.3 Å². The summed E-state index contributed by atoms with van der Waals surface area (Å²) in [5.74, 6) is -1.15. The molecule has 0 spiro atoms. The average molecular weight is 371 g/mol. The maximum absolute atomic E-state index is 13.6. The SMILES string of the molecule is CSc1ccc(CN2CCOC(COc3cc(F)ccc3F)C2)s1. The third kappa shape index (κ3) is 4.69. The van der Waals surface area contributed by atoms with Crippen LogP contribution in [0.2, 0.25) is 0 Å². The number of thiophene rings is 1. The summed E-state index contributed by atoms with van der Waals surface area (Å²) >= 11 is 3.55. The van der Waals surface area contributed by atoms with Crippen molar-refractivity contribution in [2.75, 3.05) is 32.6 Å². The monoisotopic (exact) mass is 371 g/mol. The predicted molar refractivity (Wildman–Crippen MR) is 93.0 cm³/mol. The molecule has 0 aliphatic carbocycles. The first kappa shape index (κ1) is 17.7. The predicted octanol–water partition coefficient (Wildman–Crippen LogP) is 4.03. The molecule has 1 saturated heterocycles. The molecule has 1 aromatic heterocycles. The van der Waals surface area contributed by atoms with E-state index < -0.39 is 11.6 Å². The van der Waals surface area contributed by atoms with Crippen LogP contribution >= 0.6 is 23.1 Å². The Balaban J connectivity index is 1.52. The van der Waals surface area contributed by atoms with Crippen molar-refractivity contribution in [1.82, 2.24) is 4.90 Å². The lowest BCUT2D eigenvalue weighted by atomic mass is 10.2. The first-order chi connectivity index (χ1) is 11.6. The minimum atomic E-state index is -0.563. The summed E-state index contributed by atoms with van der Waals surface area (Å²) in [6.07, 6.45) is 1.92. The molecule has 2 aromatic rings. The lowest BCUT2D eigenvalue weighted by Crippen LogP contribution is -2.44. The van der Waals surface area contributed by atoms with Crippen molar-refractivity contribution in [3.05, 3.63) is 46.8 Å². The van der Waals surface area contributed by atoms with Crippen molar-refractivity contribution in [2.45, 2.75) is 16.9 Å². The summed E-state index contributed by atoms with van der Waals surface area (Å²) in [6.45, 7) is 3.26. The van der Waals surface area contributed by atoms with Gasteiger partial charge in [0.05, 0.1) is 10.8 Å². The molecule has 1 fully saturated rings. The second-order valence-corrected chi connectivity index (χ2v) is 7.81. The third-order valence-electron chi connectivity index (χ3n) is 3.76. The molecule has 0 radical (unpaired) electrons.